The first-order valence-electron chi connectivity index (χ1n) is 14.5. The van der Waals surface area contributed by atoms with Gasteiger partial charge < -0.3 is 20.0 Å². The summed E-state index contributed by atoms with van der Waals surface area (Å²) in [6, 6.07) is 15.3. The van der Waals surface area contributed by atoms with Gasteiger partial charge in [0.05, 0.1) is 34.7 Å². The summed E-state index contributed by atoms with van der Waals surface area (Å²) in [5.41, 5.74) is 4.73. The third-order valence-corrected chi connectivity index (χ3v) is 8.78. The Hall–Kier alpha value is -3.74. The highest BCUT2D eigenvalue weighted by Crippen LogP contribution is 2.31. The van der Waals surface area contributed by atoms with Crippen LogP contribution in [0.15, 0.2) is 48.8 Å². The van der Waals surface area contributed by atoms with Gasteiger partial charge in [-0.05, 0) is 69.6 Å². The zero-order chi connectivity index (χ0) is 27.6. The molecule has 3 fully saturated rings. The number of carbonyl (C=O) groups is 1. The maximum absolute atomic E-state index is 12.7. The average molecular weight is 541 g/mol. The van der Waals surface area contributed by atoms with E-state index in [-0.39, 0.29) is 13.4 Å². The summed E-state index contributed by atoms with van der Waals surface area (Å²) in [6.45, 7) is 11.3. The van der Waals surface area contributed by atoms with Crippen LogP contribution in [0.1, 0.15) is 39.4 Å². The number of pyridine rings is 2. The molecular formula is C31H40N8O. The van der Waals surface area contributed by atoms with Crippen LogP contribution in [0, 0.1) is 11.3 Å². The third kappa shape index (κ3) is 5.21. The van der Waals surface area contributed by atoms with Crippen LogP contribution in [0.5, 0.6) is 0 Å². The molecule has 210 valence electrons. The van der Waals surface area contributed by atoms with Crippen molar-refractivity contribution in [1.29, 1.82) is 5.26 Å². The number of fused-ring (bicyclic) bond motifs is 1. The molecule has 0 bridgehead atoms. The first-order chi connectivity index (χ1) is 19.5. The fourth-order valence-electron chi connectivity index (χ4n) is 6.57. The van der Waals surface area contributed by atoms with Crippen LogP contribution in [0.25, 0.3) is 10.9 Å². The first kappa shape index (κ1) is 26.5. The number of hydrogen-bond donors (Lipinski definition) is 1. The number of piperazine rings is 2. The lowest BCUT2D eigenvalue weighted by atomic mass is 10.0. The SMILES string of the molecule is C[C@@H]1CN(c2ccc(C#N)c3ncccc23)C[C@H](C)N1Cc1ccc(N2CCN(C(=O)C3CCCN3)CC2)cn1.[HH]. The maximum Gasteiger partial charge on any atom is 0.239 e. The smallest absolute Gasteiger partial charge is 0.239 e. The van der Waals surface area contributed by atoms with Gasteiger partial charge in [-0.25, -0.2) is 0 Å². The Kier molecular flexibility index (Phi) is 7.55. The summed E-state index contributed by atoms with van der Waals surface area (Å²) in [5.74, 6) is 0.262. The minimum absolute atomic E-state index is 0. The second kappa shape index (κ2) is 11.4. The van der Waals surface area contributed by atoms with E-state index in [1.54, 1.807) is 6.20 Å². The fraction of sp³-hybridized carbons (Fsp3) is 0.484. The van der Waals surface area contributed by atoms with Gasteiger partial charge in [-0.3, -0.25) is 19.7 Å². The van der Waals surface area contributed by atoms with E-state index in [0.717, 1.165) is 93.2 Å². The van der Waals surface area contributed by atoms with Crippen LogP contribution in [0.3, 0.4) is 0 Å². The minimum Gasteiger partial charge on any atom is -0.368 e. The van der Waals surface area contributed by atoms with Crippen LogP contribution in [-0.2, 0) is 11.3 Å². The average Bonchev–Trinajstić information content (AvgIpc) is 3.54. The number of nitrogens with zero attached hydrogens (tertiary/aromatic N) is 7. The van der Waals surface area contributed by atoms with E-state index in [1.807, 2.05) is 23.2 Å². The topological polar surface area (TPSA) is 91.6 Å². The van der Waals surface area contributed by atoms with E-state index in [1.165, 1.54) is 0 Å². The molecule has 1 unspecified atom stereocenters. The van der Waals surface area contributed by atoms with Gasteiger partial charge in [0, 0.05) is 76.6 Å². The summed E-state index contributed by atoms with van der Waals surface area (Å²) < 4.78 is 0. The van der Waals surface area contributed by atoms with E-state index in [4.69, 9.17) is 4.98 Å². The monoisotopic (exact) mass is 540 g/mol. The number of hydrogen-bond acceptors (Lipinski definition) is 8. The van der Waals surface area contributed by atoms with Crippen molar-refractivity contribution in [2.24, 2.45) is 0 Å². The molecule has 1 N–H and O–H groups in total. The summed E-state index contributed by atoms with van der Waals surface area (Å²) >= 11 is 0. The molecule has 3 aliphatic heterocycles. The molecule has 0 aliphatic carbocycles. The zero-order valence-electron chi connectivity index (χ0n) is 23.5. The van der Waals surface area contributed by atoms with Crippen molar-refractivity contribution in [2.45, 2.75) is 51.4 Å². The molecule has 3 aromatic rings. The van der Waals surface area contributed by atoms with E-state index >= 15 is 0 Å². The van der Waals surface area contributed by atoms with Crippen molar-refractivity contribution in [3.63, 3.8) is 0 Å². The van der Waals surface area contributed by atoms with Crippen LogP contribution >= 0.6 is 0 Å². The number of aromatic nitrogens is 2. The highest BCUT2D eigenvalue weighted by Gasteiger charge is 2.31. The fourth-order valence-corrected chi connectivity index (χ4v) is 6.57. The van der Waals surface area contributed by atoms with Gasteiger partial charge in [-0.2, -0.15) is 5.26 Å². The first-order valence-corrected chi connectivity index (χ1v) is 14.5. The van der Waals surface area contributed by atoms with E-state index in [9.17, 15) is 10.1 Å². The van der Waals surface area contributed by atoms with Gasteiger partial charge in [0.2, 0.25) is 5.91 Å². The van der Waals surface area contributed by atoms with Crippen molar-refractivity contribution in [1.82, 2.24) is 25.1 Å². The highest BCUT2D eigenvalue weighted by molar-refractivity contribution is 5.95. The molecule has 5 heterocycles. The number of carbonyl (C=O) groups excluding carboxylic acids is 1. The van der Waals surface area contributed by atoms with Gasteiger partial charge in [0.15, 0.2) is 0 Å². The molecule has 3 atom stereocenters. The quantitative estimate of drug-likeness (QED) is 0.528. The predicted molar refractivity (Wildman–Crippen MR) is 159 cm³/mol. The number of amides is 1. The summed E-state index contributed by atoms with van der Waals surface area (Å²) in [4.78, 5) is 31.4. The van der Waals surface area contributed by atoms with Gasteiger partial charge >= 0.3 is 0 Å². The van der Waals surface area contributed by atoms with Crippen molar-refractivity contribution in [2.75, 3.05) is 55.6 Å². The maximum atomic E-state index is 12.7. The van der Waals surface area contributed by atoms with E-state index in [0.29, 0.717) is 17.6 Å². The molecule has 1 aromatic carbocycles. The summed E-state index contributed by atoms with van der Waals surface area (Å²) in [5, 5.41) is 13.9. The number of anilines is 2. The lowest BCUT2D eigenvalue weighted by molar-refractivity contribution is -0.133. The Bertz CT molecular complexity index is 1380. The molecule has 6 rings (SSSR count). The van der Waals surface area contributed by atoms with Gasteiger partial charge in [-0.1, -0.05) is 0 Å². The van der Waals surface area contributed by atoms with Gasteiger partial charge in [0.25, 0.3) is 0 Å². The van der Waals surface area contributed by atoms with Crippen LogP contribution < -0.4 is 15.1 Å². The van der Waals surface area contributed by atoms with Crippen LogP contribution in [0.4, 0.5) is 11.4 Å². The Morgan fingerprint density at radius 2 is 1.85 bits per heavy atom. The van der Waals surface area contributed by atoms with Crippen molar-refractivity contribution in [3.05, 3.63) is 60.0 Å². The highest BCUT2D eigenvalue weighted by atomic mass is 16.2. The largest absolute Gasteiger partial charge is 0.368 e. The standard InChI is InChI=1S/C31H38N8O.H2/c1-22-19-38(29-10-7-24(17-32)30-27(29)5-3-12-34-30)20-23(2)39(22)21-25-8-9-26(18-35-25)36-13-15-37(16-14-36)31(40)28-6-4-11-33-28;/h3,5,7-10,12,18,22-23,28,33H,4,6,11,13-16,19-21H2,1-2H3;1H/t22-,23+,28?;. The summed E-state index contributed by atoms with van der Waals surface area (Å²) in [7, 11) is 0. The molecule has 1 amide bonds. The molecular weight excluding hydrogens is 500 g/mol. The van der Waals surface area contributed by atoms with Crippen molar-refractivity contribution in [3.8, 4) is 6.07 Å². The third-order valence-electron chi connectivity index (χ3n) is 8.78. The Balaban J connectivity index is 0.00000337. The van der Waals surface area contributed by atoms with E-state index < -0.39 is 0 Å². The second-order valence-corrected chi connectivity index (χ2v) is 11.4. The number of benzene rings is 1. The second-order valence-electron chi connectivity index (χ2n) is 11.4. The minimum atomic E-state index is 0. The van der Waals surface area contributed by atoms with Crippen LogP contribution in [0.2, 0.25) is 0 Å². The Morgan fingerprint density at radius 3 is 2.52 bits per heavy atom. The van der Waals surface area contributed by atoms with Crippen molar-refractivity contribution >= 4 is 28.2 Å². The molecule has 40 heavy (non-hydrogen) atoms. The molecule has 0 saturated carbocycles. The molecule has 3 saturated heterocycles. The predicted octanol–water partition coefficient (Wildman–Crippen LogP) is 3.25. The lowest BCUT2D eigenvalue weighted by Gasteiger charge is -2.45. The Labute approximate surface area is 237 Å². The van der Waals surface area contributed by atoms with Gasteiger partial charge in [0.1, 0.15) is 6.07 Å². The normalized spacial score (nSPS) is 23.9. The lowest BCUT2D eigenvalue weighted by Crippen LogP contribution is -2.56. The molecule has 0 spiro atoms. The van der Waals surface area contributed by atoms with Crippen LogP contribution in [-0.4, -0.2) is 89.6 Å². The van der Waals surface area contributed by atoms with E-state index in [2.05, 4.69) is 69.2 Å². The Morgan fingerprint density at radius 1 is 1.05 bits per heavy atom. The zero-order valence-corrected chi connectivity index (χ0v) is 23.5. The molecule has 2 aromatic heterocycles. The summed E-state index contributed by atoms with van der Waals surface area (Å²) in [6.07, 6.45) is 5.80. The molecule has 3 aliphatic rings. The molecule has 9 heteroatoms. The van der Waals surface area contributed by atoms with Crippen molar-refractivity contribution < 1.29 is 6.22 Å². The van der Waals surface area contributed by atoms with Gasteiger partial charge in [-0.15, -0.1) is 0 Å². The molecule has 0 radical (unpaired) electrons. The number of rotatable bonds is 5. The number of nitriles is 1. The molecule has 9 nitrogen and oxygen atoms in total. The number of nitrogens with one attached hydrogen (secondary N) is 1.